The van der Waals surface area contributed by atoms with Gasteiger partial charge in [-0.2, -0.15) is 15.4 Å². The number of rotatable bonds is 7. The minimum absolute atomic E-state index is 0.0620. The molecule has 0 radical (unpaired) electrons. The average molecular weight is 495 g/mol. The Labute approximate surface area is 213 Å². The number of pyridine rings is 1. The van der Waals surface area contributed by atoms with Crippen molar-refractivity contribution in [3.05, 3.63) is 94.3 Å². The summed E-state index contributed by atoms with van der Waals surface area (Å²) in [7, 11) is 1.65. The molecule has 1 aliphatic heterocycles. The molecule has 2 aromatic carbocycles. The molecule has 0 unspecified atom stereocenters. The minimum Gasteiger partial charge on any atom is -0.497 e. The fraction of sp³-hybridized carbons (Fsp3) is 0.222. The Morgan fingerprint density at radius 2 is 1.86 bits per heavy atom. The van der Waals surface area contributed by atoms with Gasteiger partial charge in [0, 0.05) is 31.3 Å². The van der Waals surface area contributed by atoms with Crippen LogP contribution in [0.25, 0.3) is 11.2 Å². The molecule has 1 aliphatic rings. The number of ether oxygens (including phenoxy) is 1. The summed E-state index contributed by atoms with van der Waals surface area (Å²) >= 11 is 0. The molecule has 0 spiro atoms. The van der Waals surface area contributed by atoms with Crippen LogP contribution in [0.15, 0.2) is 60.9 Å². The molecule has 186 valence electrons. The number of H-pyrrole nitrogens is 1. The van der Waals surface area contributed by atoms with Crippen molar-refractivity contribution < 1.29 is 9.53 Å². The number of methoxy groups -OCH3 is 1. The number of hydrogen-bond donors (Lipinski definition) is 2. The molecule has 0 fully saturated rings. The van der Waals surface area contributed by atoms with E-state index >= 15 is 0 Å². The van der Waals surface area contributed by atoms with Gasteiger partial charge < -0.3 is 15.4 Å². The highest BCUT2D eigenvalue weighted by molar-refractivity contribution is 5.97. The second-order valence-electron chi connectivity index (χ2n) is 9.24. The van der Waals surface area contributed by atoms with Gasteiger partial charge in [0.15, 0.2) is 0 Å². The van der Waals surface area contributed by atoms with Gasteiger partial charge in [0.05, 0.1) is 19.9 Å². The molecule has 6 rings (SSSR count). The zero-order valence-electron chi connectivity index (χ0n) is 20.4. The molecule has 3 N–H and O–H groups in total. The summed E-state index contributed by atoms with van der Waals surface area (Å²) in [6, 6.07) is 15.8. The standard InChI is InChI=1S/C27H26N8O2/c1-37-22-6-3-17(4-7-22)14-34-9-8-20-5-2-18(11-23(20)27(34)36)15-35-16-19(13-29-35)10-21-12-24(28)30-26-25(21)31-33-32-26/h2-7,11-13,16H,8-10,14-15H2,1H3,(H3,28,30,31,32,33). The summed E-state index contributed by atoms with van der Waals surface area (Å²) < 4.78 is 7.12. The number of nitrogen functional groups attached to an aromatic ring is 1. The molecule has 0 atom stereocenters. The van der Waals surface area contributed by atoms with Crippen LogP contribution in [0.1, 0.15) is 38.2 Å². The Bertz CT molecular complexity index is 1590. The van der Waals surface area contributed by atoms with E-state index < -0.39 is 0 Å². The van der Waals surface area contributed by atoms with Gasteiger partial charge in [0.1, 0.15) is 17.1 Å². The van der Waals surface area contributed by atoms with Gasteiger partial charge in [0.25, 0.3) is 5.91 Å². The van der Waals surface area contributed by atoms with Crippen molar-refractivity contribution in [2.75, 3.05) is 19.4 Å². The molecule has 10 heteroatoms. The van der Waals surface area contributed by atoms with Crippen LogP contribution in [-0.2, 0) is 25.9 Å². The number of benzene rings is 2. The number of anilines is 1. The van der Waals surface area contributed by atoms with Crippen molar-refractivity contribution in [1.29, 1.82) is 0 Å². The van der Waals surface area contributed by atoms with Gasteiger partial charge in [0.2, 0.25) is 5.65 Å². The predicted octanol–water partition coefficient (Wildman–Crippen LogP) is 2.98. The van der Waals surface area contributed by atoms with E-state index in [4.69, 9.17) is 10.5 Å². The summed E-state index contributed by atoms with van der Waals surface area (Å²) in [5.74, 6) is 1.28. The Morgan fingerprint density at radius 3 is 2.70 bits per heavy atom. The maximum absolute atomic E-state index is 13.3. The Hall–Kier alpha value is -4.73. The number of carbonyl (C=O) groups excluding carboxylic acids is 1. The molecule has 3 aromatic heterocycles. The lowest BCUT2D eigenvalue weighted by Gasteiger charge is -2.29. The molecular formula is C27H26N8O2. The fourth-order valence-electron chi connectivity index (χ4n) is 4.81. The van der Waals surface area contributed by atoms with Crippen molar-refractivity contribution in [3.8, 4) is 5.75 Å². The minimum atomic E-state index is 0.0620. The van der Waals surface area contributed by atoms with E-state index in [2.05, 4.69) is 37.6 Å². The van der Waals surface area contributed by atoms with Crippen LogP contribution in [0, 0.1) is 0 Å². The van der Waals surface area contributed by atoms with Gasteiger partial charge in [-0.3, -0.25) is 9.48 Å². The number of hydrogen-bond acceptors (Lipinski definition) is 7. The lowest BCUT2D eigenvalue weighted by Crippen LogP contribution is -2.37. The van der Waals surface area contributed by atoms with Crippen LogP contribution >= 0.6 is 0 Å². The van der Waals surface area contributed by atoms with E-state index in [1.165, 1.54) is 0 Å². The Balaban J connectivity index is 1.16. The molecular weight excluding hydrogens is 468 g/mol. The van der Waals surface area contributed by atoms with Crippen LogP contribution in [0.4, 0.5) is 5.82 Å². The second-order valence-corrected chi connectivity index (χ2v) is 9.24. The highest BCUT2D eigenvalue weighted by atomic mass is 16.5. The van der Waals surface area contributed by atoms with Crippen molar-refractivity contribution in [2.45, 2.75) is 25.9 Å². The summed E-state index contributed by atoms with van der Waals surface area (Å²) in [4.78, 5) is 19.4. The summed E-state index contributed by atoms with van der Waals surface area (Å²) in [5.41, 5.74) is 13.1. The van der Waals surface area contributed by atoms with E-state index in [9.17, 15) is 4.79 Å². The lowest BCUT2D eigenvalue weighted by molar-refractivity contribution is 0.0727. The largest absolute Gasteiger partial charge is 0.497 e. The van der Waals surface area contributed by atoms with Gasteiger partial charge >= 0.3 is 0 Å². The zero-order valence-corrected chi connectivity index (χ0v) is 20.4. The molecule has 0 saturated carbocycles. The summed E-state index contributed by atoms with van der Waals surface area (Å²) in [6.07, 6.45) is 5.29. The third kappa shape index (κ3) is 4.61. The number of nitrogens with zero attached hydrogens (tertiary/aromatic N) is 6. The highest BCUT2D eigenvalue weighted by Gasteiger charge is 2.24. The second kappa shape index (κ2) is 9.38. The van der Waals surface area contributed by atoms with Crippen LogP contribution < -0.4 is 10.5 Å². The van der Waals surface area contributed by atoms with Crippen LogP contribution in [0.3, 0.4) is 0 Å². The number of aromatic nitrogens is 6. The number of nitrogens with two attached hydrogens (primary N) is 1. The topological polar surface area (TPSA) is 128 Å². The molecule has 4 heterocycles. The van der Waals surface area contributed by atoms with Gasteiger partial charge in [-0.05, 0) is 58.5 Å². The number of aromatic amines is 1. The fourth-order valence-corrected chi connectivity index (χ4v) is 4.81. The third-order valence-electron chi connectivity index (χ3n) is 6.69. The number of fused-ring (bicyclic) bond motifs is 2. The van der Waals surface area contributed by atoms with Crippen molar-refractivity contribution in [1.82, 2.24) is 35.1 Å². The number of nitrogens with one attached hydrogen (secondary N) is 1. The van der Waals surface area contributed by atoms with Crippen LogP contribution in [0.5, 0.6) is 5.75 Å². The summed E-state index contributed by atoms with van der Waals surface area (Å²) in [6.45, 7) is 1.85. The van der Waals surface area contributed by atoms with Crippen molar-refractivity contribution in [2.24, 2.45) is 0 Å². The van der Waals surface area contributed by atoms with Crippen molar-refractivity contribution >= 4 is 22.9 Å². The maximum atomic E-state index is 13.3. The van der Waals surface area contributed by atoms with Gasteiger partial charge in [-0.15, -0.1) is 5.10 Å². The first-order valence-corrected chi connectivity index (χ1v) is 12.1. The van der Waals surface area contributed by atoms with E-state index in [0.717, 1.165) is 45.6 Å². The third-order valence-corrected chi connectivity index (χ3v) is 6.69. The zero-order chi connectivity index (χ0) is 25.4. The molecule has 10 nitrogen and oxygen atoms in total. The lowest BCUT2D eigenvalue weighted by atomic mass is 9.96. The molecule has 5 aromatic rings. The predicted molar refractivity (Wildman–Crippen MR) is 138 cm³/mol. The monoisotopic (exact) mass is 494 g/mol. The Morgan fingerprint density at radius 1 is 1.03 bits per heavy atom. The molecule has 37 heavy (non-hydrogen) atoms. The Kier molecular flexibility index (Phi) is 5.76. The highest BCUT2D eigenvalue weighted by Crippen LogP contribution is 2.24. The molecule has 1 amide bonds. The summed E-state index contributed by atoms with van der Waals surface area (Å²) in [5, 5.41) is 15.4. The van der Waals surface area contributed by atoms with Crippen molar-refractivity contribution in [3.63, 3.8) is 0 Å². The first-order valence-electron chi connectivity index (χ1n) is 12.1. The normalized spacial score (nSPS) is 13.2. The van der Waals surface area contributed by atoms with Crippen LogP contribution in [-0.4, -0.2) is 54.6 Å². The van der Waals surface area contributed by atoms with E-state index in [-0.39, 0.29) is 5.91 Å². The van der Waals surface area contributed by atoms with E-state index in [1.54, 1.807) is 7.11 Å². The first-order chi connectivity index (χ1) is 18.1. The molecule has 0 bridgehead atoms. The van der Waals surface area contributed by atoms with E-state index in [1.807, 2.05) is 58.4 Å². The average Bonchev–Trinajstić information content (AvgIpc) is 3.56. The number of carbonyl (C=O) groups is 1. The quantitative estimate of drug-likeness (QED) is 0.356. The number of amides is 1. The van der Waals surface area contributed by atoms with E-state index in [0.29, 0.717) is 43.0 Å². The smallest absolute Gasteiger partial charge is 0.254 e. The first kappa shape index (κ1) is 22.7. The SMILES string of the molecule is COc1ccc(CN2CCc3ccc(Cn4cc(Cc5cc(N)nc6n[nH]nc56)cn4)cc3C2=O)cc1. The molecule has 0 saturated heterocycles. The maximum Gasteiger partial charge on any atom is 0.254 e. The van der Waals surface area contributed by atoms with Gasteiger partial charge in [-0.25, -0.2) is 4.98 Å². The van der Waals surface area contributed by atoms with Gasteiger partial charge in [-0.1, -0.05) is 24.3 Å². The molecule has 0 aliphatic carbocycles. The van der Waals surface area contributed by atoms with Crippen LogP contribution in [0.2, 0.25) is 0 Å².